The molecule has 0 bridgehead atoms. The number of carbonyl (C=O) groups excluding carboxylic acids is 3. The van der Waals surface area contributed by atoms with Gasteiger partial charge in [0.05, 0.1) is 24.8 Å². The van der Waals surface area contributed by atoms with Crippen molar-refractivity contribution >= 4 is 46.3 Å². The van der Waals surface area contributed by atoms with E-state index in [0.29, 0.717) is 22.6 Å². The number of esters is 2. The van der Waals surface area contributed by atoms with Crippen molar-refractivity contribution in [3.63, 3.8) is 0 Å². The number of benzene rings is 2. The molecule has 4 rings (SSSR count). The average molecular weight is 547 g/mol. The lowest BCUT2D eigenvalue weighted by atomic mass is 10.0. The van der Waals surface area contributed by atoms with Crippen molar-refractivity contribution in [3.05, 3.63) is 87.0 Å². The molecule has 2 aromatic carbocycles. The number of hydrogen-bond donors (Lipinski definition) is 1. The Hall–Kier alpha value is -3.78. The number of nitrogen functional groups attached to an aromatic ring is 1. The summed E-state index contributed by atoms with van der Waals surface area (Å²) in [5.74, 6) is -1.05. The van der Waals surface area contributed by atoms with Gasteiger partial charge in [-0.15, -0.1) is 0 Å². The van der Waals surface area contributed by atoms with E-state index in [2.05, 4.69) is 27.7 Å². The minimum absolute atomic E-state index is 0.0661. The summed E-state index contributed by atoms with van der Waals surface area (Å²) in [4.78, 5) is 40.5. The zero-order chi connectivity index (χ0) is 28.4. The molecule has 1 aromatic heterocycles. The Morgan fingerprint density at radius 2 is 1.54 bits per heavy atom. The molecule has 0 aliphatic carbocycles. The second-order valence-electron chi connectivity index (χ2n) is 10.0. The molecule has 1 aliphatic rings. The minimum Gasteiger partial charge on any atom is -0.464 e. The van der Waals surface area contributed by atoms with Gasteiger partial charge in [-0.2, -0.15) is 0 Å². The lowest BCUT2D eigenvalue weighted by Gasteiger charge is -2.23. The van der Waals surface area contributed by atoms with Crippen molar-refractivity contribution in [2.75, 3.05) is 19.5 Å². The zero-order valence-corrected chi connectivity index (χ0v) is 23.9. The third kappa shape index (κ3) is 5.39. The molecular weight excluding hydrogens is 512 g/mol. The predicted molar refractivity (Wildman–Crippen MR) is 155 cm³/mol. The first-order chi connectivity index (χ1) is 18.6. The summed E-state index contributed by atoms with van der Waals surface area (Å²) in [7, 11) is 1.23. The predicted octanol–water partition coefficient (Wildman–Crippen LogP) is 4.73. The number of nitrogens with two attached hydrogens (primary N) is 1. The Labute approximate surface area is 232 Å². The Morgan fingerprint density at radius 1 is 0.974 bits per heavy atom. The lowest BCUT2D eigenvalue weighted by Crippen LogP contribution is -2.42. The van der Waals surface area contributed by atoms with Gasteiger partial charge < -0.3 is 15.2 Å². The van der Waals surface area contributed by atoms with Crippen LogP contribution in [0.3, 0.4) is 0 Å². The number of aromatic nitrogens is 1. The molecule has 2 N–H and O–H groups in total. The summed E-state index contributed by atoms with van der Waals surface area (Å²) in [6.45, 7) is 10.3. The normalized spacial score (nSPS) is 15.6. The first-order valence-electron chi connectivity index (χ1n) is 13.0. The standard InChI is InChI=1S/C31H34N2O5S/c1-7-38-31(36)28-25-23(16-19-8-10-20(11-9-19)17(2)3)24(32)26(30(35)37-6)33(25)29(34)27(39-28)22-14-12-21(13-15-22)18(4)5/h8-18,27H,7,32H2,1-6H3/b23-16+/t27-/m1/s1. The first-order valence-corrected chi connectivity index (χ1v) is 13.9. The Bertz CT molecular complexity index is 1530. The monoisotopic (exact) mass is 546 g/mol. The summed E-state index contributed by atoms with van der Waals surface area (Å²) in [5, 5.41) is -0.152. The molecule has 1 atom stereocenters. The Kier molecular flexibility index (Phi) is 8.35. The number of carbonyl (C=O) groups is 3. The molecule has 7 nitrogen and oxygen atoms in total. The van der Waals surface area contributed by atoms with Gasteiger partial charge in [0, 0.05) is 5.22 Å². The molecule has 0 unspecified atom stereocenters. The summed E-state index contributed by atoms with van der Waals surface area (Å²) in [6, 6.07) is 15.6. The number of ether oxygens (including phenoxy) is 2. The van der Waals surface area contributed by atoms with Gasteiger partial charge in [-0.3, -0.25) is 9.36 Å². The van der Waals surface area contributed by atoms with Gasteiger partial charge in [-0.25, -0.2) is 9.59 Å². The number of nitrogens with zero attached hydrogens (tertiary/aromatic N) is 1. The van der Waals surface area contributed by atoms with Crippen molar-refractivity contribution in [3.8, 4) is 0 Å². The maximum atomic E-state index is 14.0. The third-order valence-corrected chi connectivity index (χ3v) is 8.11. The number of thioether (sulfide) groups is 1. The maximum Gasteiger partial charge on any atom is 0.357 e. The summed E-state index contributed by atoms with van der Waals surface area (Å²) in [5.41, 5.74) is 10.3. The van der Waals surface area contributed by atoms with Crippen LogP contribution in [-0.2, 0) is 14.3 Å². The molecule has 0 amide bonds. The van der Waals surface area contributed by atoms with Crippen LogP contribution in [-0.4, -0.2) is 36.1 Å². The van der Waals surface area contributed by atoms with Crippen molar-refractivity contribution in [1.29, 1.82) is 0 Å². The zero-order valence-electron chi connectivity index (χ0n) is 23.1. The van der Waals surface area contributed by atoms with Crippen LogP contribution in [0.1, 0.15) is 89.2 Å². The number of rotatable bonds is 7. The number of hydrogen-bond acceptors (Lipinski definition) is 7. The van der Waals surface area contributed by atoms with Crippen molar-refractivity contribution in [2.45, 2.75) is 51.7 Å². The SMILES string of the molecule is CCOC(=O)C1=c2/c(=C/c3ccc(C(C)C)cc3)c(N)c(C(=O)OC)n2C(=O)[C@@H](c2ccc(C(C)C)cc2)S1. The minimum atomic E-state index is -0.786. The number of fused-ring (bicyclic) bond motifs is 1. The molecule has 2 heterocycles. The molecule has 3 aromatic rings. The van der Waals surface area contributed by atoms with Gasteiger partial charge >= 0.3 is 11.9 Å². The van der Waals surface area contributed by atoms with Crippen LogP contribution in [0.25, 0.3) is 11.0 Å². The van der Waals surface area contributed by atoms with E-state index in [1.165, 1.54) is 17.2 Å². The summed E-state index contributed by atoms with van der Waals surface area (Å²) in [6.07, 6.45) is 1.78. The number of anilines is 1. The van der Waals surface area contributed by atoms with Gasteiger partial charge in [0.1, 0.15) is 10.2 Å². The summed E-state index contributed by atoms with van der Waals surface area (Å²) >= 11 is 1.11. The second kappa shape index (κ2) is 11.5. The van der Waals surface area contributed by atoms with Crippen LogP contribution < -0.4 is 16.3 Å². The van der Waals surface area contributed by atoms with Crippen molar-refractivity contribution < 1.29 is 23.9 Å². The highest BCUT2D eigenvalue weighted by molar-refractivity contribution is 8.10. The highest BCUT2D eigenvalue weighted by atomic mass is 32.2. The molecule has 0 saturated carbocycles. The van der Waals surface area contributed by atoms with E-state index in [9.17, 15) is 14.4 Å². The fourth-order valence-corrected chi connectivity index (χ4v) is 5.79. The van der Waals surface area contributed by atoms with Crippen LogP contribution in [0.4, 0.5) is 5.69 Å². The largest absolute Gasteiger partial charge is 0.464 e. The first kappa shape index (κ1) is 28.2. The quantitative estimate of drug-likeness (QED) is 0.428. The lowest BCUT2D eigenvalue weighted by molar-refractivity contribution is -0.135. The van der Waals surface area contributed by atoms with E-state index in [0.717, 1.165) is 22.9 Å². The third-order valence-electron chi connectivity index (χ3n) is 6.80. The fourth-order valence-electron chi connectivity index (χ4n) is 4.59. The van der Waals surface area contributed by atoms with Gasteiger partial charge in [0.25, 0.3) is 0 Å². The van der Waals surface area contributed by atoms with Gasteiger partial charge in [0.15, 0.2) is 5.69 Å². The average Bonchev–Trinajstić information content (AvgIpc) is 3.21. The van der Waals surface area contributed by atoms with Crippen LogP contribution in [0.2, 0.25) is 0 Å². The van der Waals surface area contributed by atoms with Crippen LogP contribution in [0, 0.1) is 0 Å². The molecule has 204 valence electrons. The van der Waals surface area contributed by atoms with Crippen LogP contribution in [0.5, 0.6) is 0 Å². The molecule has 8 heteroatoms. The highest BCUT2D eigenvalue weighted by Gasteiger charge is 2.38. The van der Waals surface area contributed by atoms with Crippen molar-refractivity contribution in [2.24, 2.45) is 0 Å². The number of methoxy groups -OCH3 is 1. The smallest absolute Gasteiger partial charge is 0.357 e. The molecule has 0 fully saturated rings. The van der Waals surface area contributed by atoms with Gasteiger partial charge in [-0.1, -0.05) is 88.0 Å². The van der Waals surface area contributed by atoms with E-state index < -0.39 is 17.2 Å². The highest BCUT2D eigenvalue weighted by Crippen LogP contribution is 2.40. The van der Waals surface area contributed by atoms with Crippen LogP contribution >= 0.6 is 11.8 Å². The Balaban J connectivity index is 2.02. The van der Waals surface area contributed by atoms with E-state index in [1.807, 2.05) is 48.5 Å². The summed E-state index contributed by atoms with van der Waals surface area (Å²) < 4.78 is 11.7. The van der Waals surface area contributed by atoms with E-state index >= 15 is 0 Å². The molecule has 0 radical (unpaired) electrons. The second-order valence-corrected chi connectivity index (χ2v) is 11.1. The maximum absolute atomic E-state index is 14.0. The molecular formula is C31H34N2O5S. The van der Waals surface area contributed by atoms with E-state index in [-0.39, 0.29) is 34.1 Å². The molecule has 1 aliphatic heterocycles. The van der Waals surface area contributed by atoms with Gasteiger partial charge in [-0.05, 0) is 47.1 Å². The fraction of sp³-hybridized carbons (Fsp3) is 0.323. The van der Waals surface area contributed by atoms with Crippen LogP contribution in [0.15, 0.2) is 48.5 Å². The molecule has 39 heavy (non-hydrogen) atoms. The van der Waals surface area contributed by atoms with E-state index in [4.69, 9.17) is 15.2 Å². The van der Waals surface area contributed by atoms with E-state index in [1.54, 1.807) is 13.0 Å². The van der Waals surface area contributed by atoms with Crippen molar-refractivity contribution in [1.82, 2.24) is 4.57 Å². The topological polar surface area (TPSA) is 101 Å². The van der Waals surface area contributed by atoms with Gasteiger partial charge in [0.2, 0.25) is 5.91 Å². The molecule has 0 spiro atoms. The molecule has 0 saturated heterocycles. The Morgan fingerprint density at radius 3 is 2.05 bits per heavy atom.